The van der Waals surface area contributed by atoms with Gasteiger partial charge in [0.2, 0.25) is 5.91 Å². The van der Waals surface area contributed by atoms with Gasteiger partial charge in [0.25, 0.3) is 0 Å². The number of nitrogens with zero attached hydrogens (tertiary/aromatic N) is 1. The van der Waals surface area contributed by atoms with E-state index < -0.39 is 77.4 Å². The van der Waals surface area contributed by atoms with E-state index in [2.05, 4.69) is 4.74 Å². The molecule has 1 heterocycles. The summed E-state index contributed by atoms with van der Waals surface area (Å²) in [5.41, 5.74) is -3.57. The molecule has 0 radical (unpaired) electrons. The van der Waals surface area contributed by atoms with E-state index in [1.165, 1.54) is 17.9 Å². The molecular formula is C42H38F3NO10. The van der Waals surface area contributed by atoms with Crippen molar-refractivity contribution in [2.24, 2.45) is 17.3 Å². The van der Waals surface area contributed by atoms with Gasteiger partial charge < -0.3 is 28.6 Å². The molecule has 1 spiro atoms. The van der Waals surface area contributed by atoms with Crippen molar-refractivity contribution in [3.63, 3.8) is 0 Å². The summed E-state index contributed by atoms with van der Waals surface area (Å²) in [7, 11) is 1.09. The standard InChI is InChI=1S/C42H38F3NO10/c1-3-53-36(48)35-40(38(50)54-25-28-15-9-5-10-16-28,39(51)55-26-29-17-11-6-12-18-29)23-30(21-34(47)52-2)41(35)32-22-31(56-42(43,44)45)19-20-33(32)46(37(41)49)24-27-13-7-4-8-14-27/h4-20,22,30,35H,3,21,23-26H2,1-2H3/t30-,35+,41-/m0/s1. The quantitative estimate of drug-likeness (QED) is 0.0831. The molecule has 1 fully saturated rings. The van der Waals surface area contributed by atoms with Crippen molar-refractivity contribution in [1.82, 2.24) is 0 Å². The Morgan fingerprint density at radius 3 is 1.80 bits per heavy atom. The highest BCUT2D eigenvalue weighted by atomic mass is 19.4. The lowest BCUT2D eigenvalue weighted by Crippen LogP contribution is -2.56. The molecule has 4 aromatic carbocycles. The van der Waals surface area contributed by atoms with E-state index >= 15 is 4.79 Å². The summed E-state index contributed by atoms with van der Waals surface area (Å²) in [6, 6.07) is 28.7. The van der Waals surface area contributed by atoms with Crippen LogP contribution in [0.5, 0.6) is 5.75 Å². The molecule has 0 bridgehead atoms. The number of fused-ring (bicyclic) bond motifs is 2. The molecular weight excluding hydrogens is 735 g/mol. The summed E-state index contributed by atoms with van der Waals surface area (Å²) >= 11 is 0. The highest BCUT2D eigenvalue weighted by Crippen LogP contribution is 2.66. The van der Waals surface area contributed by atoms with Crippen LogP contribution < -0.4 is 9.64 Å². The third-order valence-electron chi connectivity index (χ3n) is 10.2. The number of alkyl halides is 3. The van der Waals surface area contributed by atoms with Gasteiger partial charge in [-0.1, -0.05) is 91.0 Å². The summed E-state index contributed by atoms with van der Waals surface area (Å²) in [5, 5.41) is 0. The molecule has 6 rings (SSSR count). The Kier molecular flexibility index (Phi) is 11.5. The molecule has 4 aromatic rings. The average molecular weight is 774 g/mol. The molecule has 1 saturated carbocycles. The van der Waals surface area contributed by atoms with Crippen LogP contribution in [0, 0.1) is 17.3 Å². The minimum atomic E-state index is -5.17. The fourth-order valence-electron chi connectivity index (χ4n) is 7.94. The van der Waals surface area contributed by atoms with E-state index in [1.54, 1.807) is 91.0 Å². The number of methoxy groups -OCH3 is 1. The van der Waals surface area contributed by atoms with E-state index in [-0.39, 0.29) is 37.6 Å². The van der Waals surface area contributed by atoms with Crippen LogP contribution in [-0.2, 0) is 68.1 Å². The smallest absolute Gasteiger partial charge is 0.469 e. The zero-order chi connectivity index (χ0) is 40.1. The average Bonchev–Trinajstić information content (AvgIpc) is 3.62. The van der Waals surface area contributed by atoms with E-state index in [9.17, 15) is 32.3 Å². The van der Waals surface area contributed by atoms with Crippen LogP contribution in [0.4, 0.5) is 18.9 Å². The van der Waals surface area contributed by atoms with Crippen LogP contribution in [0.25, 0.3) is 0 Å². The number of carbonyl (C=O) groups is 5. The SMILES string of the molecule is CCOC(=O)[C@@H]1C(C(=O)OCc2ccccc2)(C(=O)OCc2ccccc2)C[C@H](CC(=O)OC)[C@@]12C(=O)N(Cc1ccccc1)c1ccc(OC(F)(F)F)cc12. The van der Waals surface area contributed by atoms with Gasteiger partial charge >= 0.3 is 30.2 Å². The van der Waals surface area contributed by atoms with Crippen molar-refractivity contribution in [2.45, 2.75) is 51.3 Å². The van der Waals surface area contributed by atoms with Gasteiger partial charge in [0.1, 0.15) is 24.9 Å². The molecule has 2 aliphatic rings. The van der Waals surface area contributed by atoms with Crippen LogP contribution in [-0.4, -0.2) is 49.9 Å². The van der Waals surface area contributed by atoms with Crippen molar-refractivity contribution in [3.05, 3.63) is 131 Å². The second kappa shape index (κ2) is 16.3. The van der Waals surface area contributed by atoms with Crippen LogP contribution in [0.15, 0.2) is 109 Å². The molecule has 1 amide bonds. The highest BCUT2D eigenvalue weighted by molar-refractivity contribution is 6.15. The topological polar surface area (TPSA) is 135 Å². The van der Waals surface area contributed by atoms with Gasteiger partial charge in [0.15, 0.2) is 5.41 Å². The first kappa shape index (κ1) is 39.5. The third-order valence-corrected chi connectivity index (χ3v) is 10.2. The first-order chi connectivity index (χ1) is 26.8. The van der Waals surface area contributed by atoms with Crippen LogP contribution in [0.3, 0.4) is 0 Å². The Morgan fingerprint density at radius 1 is 0.768 bits per heavy atom. The Bertz CT molecular complexity index is 2020. The number of benzene rings is 4. The molecule has 292 valence electrons. The van der Waals surface area contributed by atoms with Crippen LogP contribution in [0.2, 0.25) is 0 Å². The van der Waals surface area contributed by atoms with Gasteiger partial charge in [-0.15, -0.1) is 13.2 Å². The number of halogens is 3. The Balaban J connectivity index is 1.61. The molecule has 3 atom stereocenters. The first-order valence-electron chi connectivity index (χ1n) is 17.8. The number of carbonyl (C=O) groups excluding carboxylic acids is 5. The number of ether oxygens (including phenoxy) is 5. The maximum atomic E-state index is 15.5. The van der Waals surface area contributed by atoms with Crippen molar-refractivity contribution in [1.29, 1.82) is 0 Å². The summed E-state index contributed by atoms with van der Waals surface area (Å²) in [6.45, 7) is 0.305. The van der Waals surface area contributed by atoms with Crippen molar-refractivity contribution in [3.8, 4) is 5.75 Å². The predicted molar refractivity (Wildman–Crippen MR) is 192 cm³/mol. The Morgan fingerprint density at radius 2 is 1.30 bits per heavy atom. The minimum absolute atomic E-state index is 0.0589. The first-order valence-corrected chi connectivity index (χ1v) is 17.8. The summed E-state index contributed by atoms with van der Waals surface area (Å²) in [6.07, 6.45) is -6.51. The zero-order valence-electron chi connectivity index (χ0n) is 30.5. The Labute approximate surface area is 320 Å². The van der Waals surface area contributed by atoms with Crippen LogP contribution >= 0.6 is 0 Å². The van der Waals surface area contributed by atoms with Gasteiger partial charge in [0, 0.05) is 12.1 Å². The fraction of sp³-hybridized carbons (Fsp3) is 0.310. The second-order valence-electron chi connectivity index (χ2n) is 13.4. The molecule has 1 aliphatic heterocycles. The molecule has 56 heavy (non-hydrogen) atoms. The highest BCUT2D eigenvalue weighted by Gasteiger charge is 2.78. The lowest BCUT2D eigenvalue weighted by molar-refractivity contribution is -0.274. The number of esters is 4. The van der Waals surface area contributed by atoms with Gasteiger partial charge in [-0.25, -0.2) is 0 Å². The number of hydrogen-bond donors (Lipinski definition) is 0. The largest absolute Gasteiger partial charge is 0.573 e. The molecule has 0 saturated heterocycles. The fourth-order valence-corrected chi connectivity index (χ4v) is 7.94. The summed E-state index contributed by atoms with van der Waals surface area (Å²) < 4.78 is 67.7. The normalized spacial score (nSPS) is 19.6. The number of amides is 1. The molecule has 11 nitrogen and oxygen atoms in total. The van der Waals surface area contributed by atoms with Gasteiger partial charge in [-0.05, 0) is 59.7 Å². The maximum Gasteiger partial charge on any atom is 0.573 e. The van der Waals surface area contributed by atoms with Crippen molar-refractivity contribution >= 4 is 35.5 Å². The van der Waals surface area contributed by atoms with E-state index in [0.717, 1.165) is 19.2 Å². The molecule has 0 N–H and O–H groups in total. The lowest BCUT2D eigenvalue weighted by Gasteiger charge is -2.37. The van der Waals surface area contributed by atoms with Crippen molar-refractivity contribution in [2.75, 3.05) is 18.6 Å². The molecule has 14 heteroatoms. The van der Waals surface area contributed by atoms with E-state index in [1.807, 2.05) is 0 Å². The lowest BCUT2D eigenvalue weighted by atomic mass is 9.63. The van der Waals surface area contributed by atoms with Gasteiger partial charge in [0.05, 0.1) is 25.7 Å². The number of anilines is 1. The van der Waals surface area contributed by atoms with Crippen LogP contribution in [0.1, 0.15) is 42.0 Å². The minimum Gasteiger partial charge on any atom is -0.469 e. The predicted octanol–water partition coefficient (Wildman–Crippen LogP) is 6.61. The summed E-state index contributed by atoms with van der Waals surface area (Å²) in [5.74, 6) is -9.81. The van der Waals surface area contributed by atoms with Crippen molar-refractivity contribution < 1.29 is 60.8 Å². The molecule has 0 aromatic heterocycles. The van der Waals surface area contributed by atoms with Gasteiger partial charge in [-0.3, -0.25) is 24.0 Å². The summed E-state index contributed by atoms with van der Waals surface area (Å²) in [4.78, 5) is 74.4. The molecule has 0 unspecified atom stereocenters. The number of rotatable bonds is 13. The number of hydrogen-bond acceptors (Lipinski definition) is 10. The van der Waals surface area contributed by atoms with E-state index in [4.69, 9.17) is 18.9 Å². The second-order valence-corrected chi connectivity index (χ2v) is 13.4. The Hall–Kier alpha value is -6.18. The third kappa shape index (κ3) is 7.55. The van der Waals surface area contributed by atoms with E-state index in [0.29, 0.717) is 16.7 Å². The monoisotopic (exact) mass is 773 g/mol. The van der Waals surface area contributed by atoms with Gasteiger partial charge in [-0.2, -0.15) is 0 Å². The zero-order valence-corrected chi connectivity index (χ0v) is 30.5. The maximum absolute atomic E-state index is 15.5. The molecule has 1 aliphatic carbocycles.